The van der Waals surface area contributed by atoms with Crippen LogP contribution < -0.4 is 0 Å². The predicted octanol–water partition coefficient (Wildman–Crippen LogP) is 2.20. The number of rotatable bonds is 1. The van der Waals surface area contributed by atoms with Gasteiger partial charge in [0.05, 0.1) is 6.10 Å². The highest BCUT2D eigenvalue weighted by atomic mass is 16.5. The van der Waals surface area contributed by atoms with Gasteiger partial charge in [-0.15, -0.1) is 0 Å². The van der Waals surface area contributed by atoms with Crippen LogP contribution in [0.3, 0.4) is 0 Å². The van der Waals surface area contributed by atoms with Crippen molar-refractivity contribution in [1.29, 1.82) is 0 Å². The van der Waals surface area contributed by atoms with E-state index >= 15 is 0 Å². The Morgan fingerprint density at radius 2 is 1.88 bits per heavy atom. The molecule has 3 nitrogen and oxygen atoms in total. The molecule has 1 amide bonds. The van der Waals surface area contributed by atoms with E-state index in [0.29, 0.717) is 0 Å². The van der Waals surface area contributed by atoms with Gasteiger partial charge >= 0.3 is 0 Å². The molecule has 2 heterocycles. The highest BCUT2D eigenvalue weighted by Gasteiger charge is 2.55. The van der Waals surface area contributed by atoms with Crippen LogP contribution in [0.5, 0.6) is 0 Å². The van der Waals surface area contributed by atoms with Gasteiger partial charge in [-0.05, 0) is 33.6 Å². The van der Waals surface area contributed by atoms with Crippen molar-refractivity contribution in [3.05, 3.63) is 0 Å². The van der Waals surface area contributed by atoms with E-state index < -0.39 is 0 Å². The Bertz CT molecular complexity index is 309. The molecule has 0 aliphatic carbocycles. The number of nitrogens with zero attached hydrogens (tertiary/aromatic N) is 1. The first-order valence-electron chi connectivity index (χ1n) is 6.23. The van der Waals surface area contributed by atoms with Gasteiger partial charge in [-0.3, -0.25) is 4.79 Å². The molecular weight excluding hydrogens is 202 g/mol. The van der Waals surface area contributed by atoms with Crippen LogP contribution in [0.2, 0.25) is 0 Å². The number of carbonyl (C=O) groups is 1. The maximum atomic E-state index is 12.3. The fourth-order valence-electron chi connectivity index (χ4n) is 2.57. The Labute approximate surface area is 98.1 Å². The van der Waals surface area contributed by atoms with Crippen molar-refractivity contribution in [2.24, 2.45) is 5.41 Å². The smallest absolute Gasteiger partial charge is 0.252 e. The molecule has 0 aromatic heterocycles. The summed E-state index contributed by atoms with van der Waals surface area (Å²) in [6, 6.07) is 0. The minimum absolute atomic E-state index is 0.0424. The van der Waals surface area contributed by atoms with Gasteiger partial charge in [-0.25, -0.2) is 0 Å². The maximum absolute atomic E-state index is 12.3. The molecule has 3 heteroatoms. The lowest BCUT2D eigenvalue weighted by Gasteiger charge is -2.61. The summed E-state index contributed by atoms with van der Waals surface area (Å²) in [6.07, 6.45) is 1.94. The third-order valence-electron chi connectivity index (χ3n) is 4.66. The Kier molecular flexibility index (Phi) is 2.57. The summed E-state index contributed by atoms with van der Waals surface area (Å²) in [5.74, 6) is 0.189. The molecule has 2 aliphatic heterocycles. The van der Waals surface area contributed by atoms with Crippen molar-refractivity contribution in [2.45, 2.75) is 65.2 Å². The second-order valence-corrected chi connectivity index (χ2v) is 6.38. The van der Waals surface area contributed by atoms with Crippen LogP contribution in [0, 0.1) is 5.41 Å². The molecular formula is C13H23NO2. The van der Waals surface area contributed by atoms with Gasteiger partial charge in [0.25, 0.3) is 5.91 Å². The summed E-state index contributed by atoms with van der Waals surface area (Å²) in [4.78, 5) is 14.3. The molecule has 0 aromatic rings. The number of carbonyl (C=O) groups excluding carboxylic acids is 1. The van der Waals surface area contributed by atoms with Crippen molar-refractivity contribution < 1.29 is 9.53 Å². The molecule has 0 N–H and O–H groups in total. The van der Waals surface area contributed by atoms with Gasteiger partial charge in [-0.2, -0.15) is 0 Å². The summed E-state index contributed by atoms with van der Waals surface area (Å²) < 4.78 is 5.65. The van der Waals surface area contributed by atoms with E-state index in [-0.39, 0.29) is 29.1 Å². The second-order valence-electron chi connectivity index (χ2n) is 6.38. The average Bonchev–Trinajstić information content (AvgIpc) is 2.60. The predicted molar refractivity (Wildman–Crippen MR) is 63.1 cm³/mol. The lowest BCUT2D eigenvalue weighted by atomic mass is 9.65. The lowest BCUT2D eigenvalue weighted by Crippen LogP contribution is -2.72. The van der Waals surface area contributed by atoms with Crippen molar-refractivity contribution in [3.63, 3.8) is 0 Å². The fourth-order valence-corrected chi connectivity index (χ4v) is 2.57. The normalized spacial score (nSPS) is 35.9. The molecule has 0 radical (unpaired) electrons. The van der Waals surface area contributed by atoms with Gasteiger partial charge in [-0.1, -0.05) is 13.8 Å². The largest absolute Gasteiger partial charge is 0.365 e. The first kappa shape index (κ1) is 11.9. The maximum Gasteiger partial charge on any atom is 0.252 e. The van der Waals surface area contributed by atoms with E-state index in [1.54, 1.807) is 0 Å². The molecule has 2 aliphatic rings. The standard InChI is InChI=1S/C13H23NO2/c1-9-6-7-10(16-9)11(15)14-8-12(2,3)13(14,4)5/h9-10H,6-8H2,1-5H3. The van der Waals surface area contributed by atoms with Crippen molar-refractivity contribution >= 4 is 5.91 Å². The van der Waals surface area contributed by atoms with Gasteiger partial charge in [0.15, 0.2) is 0 Å². The average molecular weight is 225 g/mol. The SMILES string of the molecule is CC1CCC(C(=O)N2CC(C)(C)C2(C)C)O1. The third-order valence-corrected chi connectivity index (χ3v) is 4.66. The quantitative estimate of drug-likeness (QED) is 0.684. The molecule has 0 spiro atoms. The number of hydrogen-bond acceptors (Lipinski definition) is 2. The molecule has 2 fully saturated rings. The van der Waals surface area contributed by atoms with Gasteiger partial charge in [0, 0.05) is 17.5 Å². The summed E-state index contributed by atoms with van der Waals surface area (Å²) in [6.45, 7) is 11.6. The van der Waals surface area contributed by atoms with Crippen molar-refractivity contribution in [2.75, 3.05) is 6.54 Å². The van der Waals surface area contributed by atoms with Crippen molar-refractivity contribution in [1.82, 2.24) is 4.90 Å². The van der Waals surface area contributed by atoms with E-state index in [4.69, 9.17) is 4.74 Å². The first-order valence-corrected chi connectivity index (χ1v) is 6.23. The summed E-state index contributed by atoms with van der Waals surface area (Å²) in [5.41, 5.74) is 0.173. The third kappa shape index (κ3) is 1.56. The van der Waals surface area contributed by atoms with Crippen LogP contribution in [0.1, 0.15) is 47.5 Å². The molecule has 16 heavy (non-hydrogen) atoms. The number of likely N-dealkylation sites (tertiary alicyclic amines) is 1. The van der Waals surface area contributed by atoms with Gasteiger partial charge < -0.3 is 9.64 Å². The molecule has 0 saturated carbocycles. The fraction of sp³-hybridized carbons (Fsp3) is 0.923. The van der Waals surface area contributed by atoms with E-state index in [0.717, 1.165) is 19.4 Å². The molecule has 2 atom stereocenters. The van der Waals surface area contributed by atoms with Crippen LogP contribution in [-0.4, -0.2) is 35.1 Å². The van der Waals surface area contributed by atoms with Crippen LogP contribution in [0.4, 0.5) is 0 Å². The number of hydrogen-bond donors (Lipinski definition) is 0. The number of amides is 1. The Morgan fingerprint density at radius 1 is 1.25 bits per heavy atom. The van der Waals surface area contributed by atoms with Gasteiger partial charge in [0.1, 0.15) is 6.10 Å². The zero-order valence-corrected chi connectivity index (χ0v) is 11.0. The Hall–Kier alpha value is -0.570. The molecule has 0 aromatic carbocycles. The Balaban J connectivity index is 2.03. The van der Waals surface area contributed by atoms with E-state index in [1.807, 2.05) is 11.8 Å². The zero-order chi connectivity index (χ0) is 12.1. The van der Waals surface area contributed by atoms with Crippen LogP contribution in [0.25, 0.3) is 0 Å². The van der Waals surface area contributed by atoms with E-state index in [1.165, 1.54) is 0 Å². The lowest BCUT2D eigenvalue weighted by molar-refractivity contribution is -0.177. The Morgan fingerprint density at radius 3 is 2.25 bits per heavy atom. The molecule has 92 valence electrons. The molecule has 0 bridgehead atoms. The van der Waals surface area contributed by atoms with E-state index in [2.05, 4.69) is 27.7 Å². The minimum atomic E-state index is -0.189. The van der Waals surface area contributed by atoms with Crippen LogP contribution in [-0.2, 0) is 9.53 Å². The highest BCUT2D eigenvalue weighted by Crippen LogP contribution is 2.47. The topological polar surface area (TPSA) is 29.5 Å². The monoisotopic (exact) mass is 225 g/mol. The van der Waals surface area contributed by atoms with Crippen molar-refractivity contribution in [3.8, 4) is 0 Å². The van der Waals surface area contributed by atoms with Crippen LogP contribution >= 0.6 is 0 Å². The first-order chi connectivity index (χ1) is 7.25. The number of ether oxygens (including phenoxy) is 1. The highest BCUT2D eigenvalue weighted by molar-refractivity contribution is 5.83. The summed E-state index contributed by atoms with van der Waals surface area (Å²) in [7, 11) is 0. The van der Waals surface area contributed by atoms with E-state index in [9.17, 15) is 4.79 Å². The van der Waals surface area contributed by atoms with Crippen LogP contribution in [0.15, 0.2) is 0 Å². The zero-order valence-electron chi connectivity index (χ0n) is 11.0. The molecule has 2 unspecified atom stereocenters. The minimum Gasteiger partial charge on any atom is -0.365 e. The summed E-state index contributed by atoms with van der Waals surface area (Å²) >= 11 is 0. The summed E-state index contributed by atoms with van der Waals surface area (Å²) in [5, 5.41) is 0. The van der Waals surface area contributed by atoms with Gasteiger partial charge in [0.2, 0.25) is 0 Å². The second kappa shape index (κ2) is 3.46. The molecule has 2 saturated heterocycles. The molecule has 2 rings (SSSR count).